The normalized spacial score (nSPS) is 12.9. The summed E-state index contributed by atoms with van der Waals surface area (Å²) >= 11 is 3.35. The van der Waals surface area contributed by atoms with Crippen LogP contribution in [0.2, 0.25) is 0 Å². The van der Waals surface area contributed by atoms with E-state index in [1.165, 1.54) is 0 Å². The monoisotopic (exact) mass is 229 g/mol. The number of alkyl halides is 1. The summed E-state index contributed by atoms with van der Waals surface area (Å²) in [5, 5.41) is 8.84. The van der Waals surface area contributed by atoms with E-state index in [9.17, 15) is 0 Å². The van der Waals surface area contributed by atoms with Crippen LogP contribution in [0, 0.1) is 0 Å². The highest BCUT2D eigenvalue weighted by Crippen LogP contribution is 2.21. The molecule has 0 aliphatic rings. The number of aliphatic hydroxyl groups is 1. The van der Waals surface area contributed by atoms with Gasteiger partial charge in [0.1, 0.15) is 0 Å². The number of rotatable bonds is 3. The molecule has 0 heterocycles. The molecule has 0 spiro atoms. The lowest BCUT2D eigenvalue weighted by Crippen LogP contribution is -1.98. The molecule has 0 amide bonds. The van der Waals surface area contributed by atoms with Gasteiger partial charge < -0.3 is 10.8 Å². The summed E-state index contributed by atoms with van der Waals surface area (Å²) in [6, 6.07) is 7.88. The van der Waals surface area contributed by atoms with Crippen molar-refractivity contribution in [3.05, 3.63) is 35.4 Å². The van der Waals surface area contributed by atoms with E-state index in [1.54, 1.807) is 0 Å². The van der Waals surface area contributed by atoms with Crippen molar-refractivity contribution in [1.82, 2.24) is 0 Å². The van der Waals surface area contributed by atoms with Crippen LogP contribution in [0.15, 0.2) is 24.3 Å². The van der Waals surface area contributed by atoms with E-state index < -0.39 is 0 Å². The first-order valence-electron chi connectivity index (χ1n) is 3.81. The molecule has 2 nitrogen and oxygen atoms in total. The minimum atomic E-state index is 0.0318. The third-order valence-electron chi connectivity index (χ3n) is 1.74. The second kappa shape index (κ2) is 4.60. The summed E-state index contributed by atoms with van der Waals surface area (Å²) in [5.74, 6) is 0. The Kier molecular flexibility index (Phi) is 3.72. The quantitative estimate of drug-likeness (QED) is 0.774. The molecule has 66 valence electrons. The van der Waals surface area contributed by atoms with Crippen molar-refractivity contribution >= 4 is 15.9 Å². The van der Waals surface area contributed by atoms with E-state index in [1.807, 2.05) is 24.3 Å². The molecule has 0 radical (unpaired) electrons. The molecular weight excluding hydrogens is 218 g/mol. The Morgan fingerprint density at radius 2 is 1.92 bits per heavy atom. The summed E-state index contributed by atoms with van der Waals surface area (Å²) in [6.07, 6.45) is 0. The molecular formula is C9H12BrNO. The predicted molar refractivity (Wildman–Crippen MR) is 53.1 cm³/mol. The van der Waals surface area contributed by atoms with Gasteiger partial charge in [-0.1, -0.05) is 40.2 Å². The van der Waals surface area contributed by atoms with E-state index in [0.717, 1.165) is 11.1 Å². The summed E-state index contributed by atoms with van der Waals surface area (Å²) in [7, 11) is 0. The lowest BCUT2D eigenvalue weighted by Gasteiger charge is -2.06. The number of aliphatic hydroxyl groups excluding tert-OH is 1. The lowest BCUT2D eigenvalue weighted by molar-refractivity contribution is 0.298. The van der Waals surface area contributed by atoms with Crippen molar-refractivity contribution in [3.8, 4) is 0 Å². The van der Waals surface area contributed by atoms with Crippen LogP contribution in [-0.2, 0) is 6.54 Å². The third kappa shape index (κ3) is 2.30. The fourth-order valence-corrected chi connectivity index (χ4v) is 1.27. The average Bonchev–Trinajstić information content (AvgIpc) is 2.17. The van der Waals surface area contributed by atoms with Crippen LogP contribution >= 0.6 is 15.9 Å². The molecule has 1 rings (SSSR count). The van der Waals surface area contributed by atoms with Crippen LogP contribution in [0.25, 0.3) is 0 Å². The fraction of sp³-hybridized carbons (Fsp3) is 0.333. The average molecular weight is 230 g/mol. The molecule has 12 heavy (non-hydrogen) atoms. The minimum Gasteiger partial charge on any atom is -0.395 e. The predicted octanol–water partition coefficient (Wildman–Crippen LogP) is 1.57. The number of nitrogens with two attached hydrogens (primary N) is 1. The lowest BCUT2D eigenvalue weighted by atomic mass is 10.1. The molecule has 0 saturated carbocycles. The smallest absolute Gasteiger partial charge is 0.0626 e. The van der Waals surface area contributed by atoms with Crippen LogP contribution in [-0.4, -0.2) is 11.7 Å². The molecule has 1 unspecified atom stereocenters. The van der Waals surface area contributed by atoms with E-state index in [4.69, 9.17) is 10.8 Å². The molecule has 1 aromatic rings. The van der Waals surface area contributed by atoms with Gasteiger partial charge in [-0.2, -0.15) is 0 Å². The van der Waals surface area contributed by atoms with Gasteiger partial charge in [-0.05, 0) is 11.1 Å². The summed E-state index contributed by atoms with van der Waals surface area (Å²) in [5.41, 5.74) is 7.63. The minimum absolute atomic E-state index is 0.0318. The highest BCUT2D eigenvalue weighted by atomic mass is 79.9. The maximum atomic E-state index is 8.84. The first kappa shape index (κ1) is 9.71. The largest absolute Gasteiger partial charge is 0.395 e. The van der Waals surface area contributed by atoms with Crippen molar-refractivity contribution < 1.29 is 5.11 Å². The number of hydrogen-bond donors (Lipinski definition) is 2. The maximum Gasteiger partial charge on any atom is 0.0626 e. The molecule has 3 N–H and O–H groups in total. The van der Waals surface area contributed by atoms with Crippen LogP contribution < -0.4 is 5.73 Å². The van der Waals surface area contributed by atoms with Gasteiger partial charge in [0.15, 0.2) is 0 Å². The van der Waals surface area contributed by atoms with Crippen LogP contribution in [0.3, 0.4) is 0 Å². The Balaban J connectivity index is 2.77. The van der Waals surface area contributed by atoms with Crippen molar-refractivity contribution in [2.75, 3.05) is 6.61 Å². The van der Waals surface area contributed by atoms with Gasteiger partial charge in [0.25, 0.3) is 0 Å². The van der Waals surface area contributed by atoms with Gasteiger partial charge in [-0.25, -0.2) is 0 Å². The van der Waals surface area contributed by atoms with Crippen molar-refractivity contribution in [2.24, 2.45) is 5.73 Å². The molecule has 1 aromatic carbocycles. The Morgan fingerprint density at radius 1 is 1.33 bits per heavy atom. The summed E-state index contributed by atoms with van der Waals surface area (Å²) in [6.45, 7) is 0.675. The molecule has 0 aromatic heterocycles. The van der Waals surface area contributed by atoms with Gasteiger partial charge in [0.2, 0.25) is 0 Å². The van der Waals surface area contributed by atoms with E-state index in [0.29, 0.717) is 6.54 Å². The van der Waals surface area contributed by atoms with E-state index >= 15 is 0 Å². The molecule has 0 bridgehead atoms. The maximum absolute atomic E-state index is 8.84. The van der Waals surface area contributed by atoms with Gasteiger partial charge >= 0.3 is 0 Å². The van der Waals surface area contributed by atoms with Crippen LogP contribution in [0.4, 0.5) is 0 Å². The van der Waals surface area contributed by atoms with E-state index in [2.05, 4.69) is 15.9 Å². The Labute approximate surface area is 80.5 Å². The zero-order valence-electron chi connectivity index (χ0n) is 6.70. The third-order valence-corrected chi connectivity index (χ3v) is 2.56. The second-order valence-corrected chi connectivity index (χ2v) is 3.70. The van der Waals surface area contributed by atoms with E-state index in [-0.39, 0.29) is 11.4 Å². The second-order valence-electron chi connectivity index (χ2n) is 2.60. The van der Waals surface area contributed by atoms with Gasteiger partial charge in [0, 0.05) is 6.54 Å². The number of hydrogen-bond acceptors (Lipinski definition) is 2. The van der Waals surface area contributed by atoms with Crippen LogP contribution in [0.5, 0.6) is 0 Å². The topological polar surface area (TPSA) is 46.2 Å². The Bertz CT molecular complexity index is 235. The Morgan fingerprint density at radius 3 is 2.33 bits per heavy atom. The highest BCUT2D eigenvalue weighted by Gasteiger charge is 2.03. The zero-order chi connectivity index (χ0) is 8.97. The fourth-order valence-electron chi connectivity index (χ4n) is 0.968. The Hall–Kier alpha value is -0.380. The van der Waals surface area contributed by atoms with Crippen molar-refractivity contribution in [1.29, 1.82) is 0 Å². The van der Waals surface area contributed by atoms with Crippen molar-refractivity contribution in [2.45, 2.75) is 11.4 Å². The molecule has 3 heteroatoms. The molecule has 0 saturated heterocycles. The number of halogens is 1. The summed E-state index contributed by atoms with van der Waals surface area (Å²) in [4.78, 5) is 0.0318. The van der Waals surface area contributed by atoms with Crippen LogP contribution in [0.1, 0.15) is 16.0 Å². The van der Waals surface area contributed by atoms with Gasteiger partial charge in [-0.15, -0.1) is 0 Å². The van der Waals surface area contributed by atoms with Gasteiger partial charge in [-0.3, -0.25) is 0 Å². The number of benzene rings is 1. The molecule has 1 atom stereocenters. The summed E-state index contributed by atoms with van der Waals surface area (Å²) < 4.78 is 0. The standard InChI is InChI=1S/C9H12BrNO/c10-9(6-12)8-3-1-7(5-11)2-4-8/h1-4,9,12H,5-6,11H2. The molecule has 0 aliphatic carbocycles. The molecule has 0 aliphatic heterocycles. The van der Waals surface area contributed by atoms with Crippen molar-refractivity contribution in [3.63, 3.8) is 0 Å². The first-order chi connectivity index (χ1) is 5.77. The van der Waals surface area contributed by atoms with Gasteiger partial charge in [0.05, 0.1) is 11.4 Å². The molecule has 0 fully saturated rings. The first-order valence-corrected chi connectivity index (χ1v) is 4.73. The highest BCUT2D eigenvalue weighted by molar-refractivity contribution is 9.09. The SMILES string of the molecule is NCc1ccc(C(Br)CO)cc1. The zero-order valence-corrected chi connectivity index (χ0v) is 8.29.